The Morgan fingerprint density at radius 1 is 0.317 bits per heavy atom. The van der Waals surface area contributed by atoms with Crippen molar-refractivity contribution in [2.24, 2.45) is 0 Å². The summed E-state index contributed by atoms with van der Waals surface area (Å²) in [5, 5.41) is 5.30. The molecule has 8 aromatic rings. The van der Waals surface area contributed by atoms with Crippen LogP contribution in [0.15, 0.2) is 152 Å². The van der Waals surface area contributed by atoms with Crippen LogP contribution in [-0.2, 0) is 0 Å². The average molecular weight is 520 g/mol. The smallest absolute Gasteiger partial charge is 0.0554 e. The Bertz CT molecular complexity index is 2290. The van der Waals surface area contributed by atoms with Crippen LogP contribution in [-0.4, -0.2) is 4.57 Å². The number of hydrogen-bond acceptors (Lipinski definition) is 0. The van der Waals surface area contributed by atoms with Crippen molar-refractivity contribution in [3.63, 3.8) is 0 Å². The molecule has 0 unspecified atom stereocenters. The van der Waals surface area contributed by atoms with Gasteiger partial charge < -0.3 is 4.57 Å². The third-order valence-corrected chi connectivity index (χ3v) is 8.72. The minimum Gasteiger partial charge on any atom is -0.309 e. The van der Waals surface area contributed by atoms with Crippen LogP contribution < -0.4 is 0 Å². The molecular weight excluding hydrogens is 494 g/mol. The Morgan fingerprint density at radius 3 is 1.66 bits per heavy atom. The SMILES string of the molecule is c1ccc(-c2cccc(-n3c4cccc5c4c4c6c(cccc6c(-c6ccccc6)cc43)-c3ccccc3-5)c2)cc1. The van der Waals surface area contributed by atoms with E-state index < -0.39 is 0 Å². The normalized spacial score (nSPS) is 11.9. The van der Waals surface area contributed by atoms with Crippen LogP contribution in [0.3, 0.4) is 0 Å². The van der Waals surface area contributed by atoms with Crippen LogP contribution >= 0.6 is 0 Å². The summed E-state index contributed by atoms with van der Waals surface area (Å²) in [5.41, 5.74) is 13.8. The molecule has 7 aromatic carbocycles. The highest BCUT2D eigenvalue weighted by molar-refractivity contribution is 6.32. The maximum atomic E-state index is 2.48. The predicted octanol–water partition coefficient (Wildman–Crippen LogP) is 10.9. The zero-order chi connectivity index (χ0) is 26.9. The van der Waals surface area contributed by atoms with E-state index >= 15 is 0 Å². The Hall–Kier alpha value is -5.40. The van der Waals surface area contributed by atoms with Gasteiger partial charge in [-0.05, 0) is 74.2 Å². The minimum atomic E-state index is 1.17. The van der Waals surface area contributed by atoms with E-state index in [4.69, 9.17) is 0 Å². The molecule has 0 N–H and O–H groups in total. The van der Waals surface area contributed by atoms with Crippen LogP contribution in [0.25, 0.3) is 82.8 Å². The molecule has 41 heavy (non-hydrogen) atoms. The van der Waals surface area contributed by atoms with Crippen molar-refractivity contribution in [1.29, 1.82) is 0 Å². The van der Waals surface area contributed by atoms with Crippen LogP contribution in [0, 0.1) is 0 Å². The van der Waals surface area contributed by atoms with Gasteiger partial charge in [0, 0.05) is 21.8 Å². The second-order valence-corrected chi connectivity index (χ2v) is 10.9. The van der Waals surface area contributed by atoms with Crippen LogP contribution in [0.4, 0.5) is 0 Å². The van der Waals surface area contributed by atoms with Crippen LogP contribution in [0.5, 0.6) is 0 Å². The molecular formula is C40H25N. The number of benzene rings is 7. The molecule has 0 bridgehead atoms. The van der Waals surface area contributed by atoms with Crippen LogP contribution in [0.1, 0.15) is 0 Å². The highest BCUT2D eigenvalue weighted by Crippen LogP contribution is 2.51. The van der Waals surface area contributed by atoms with E-state index in [1.165, 1.54) is 82.8 Å². The highest BCUT2D eigenvalue weighted by atomic mass is 15.0. The molecule has 1 heterocycles. The van der Waals surface area contributed by atoms with E-state index in [1.807, 2.05) is 0 Å². The summed E-state index contributed by atoms with van der Waals surface area (Å²) in [5.74, 6) is 0. The second kappa shape index (κ2) is 8.55. The summed E-state index contributed by atoms with van der Waals surface area (Å²) in [6.45, 7) is 0. The van der Waals surface area contributed by atoms with Gasteiger partial charge >= 0.3 is 0 Å². The van der Waals surface area contributed by atoms with E-state index in [1.54, 1.807) is 0 Å². The Kier molecular flexibility index (Phi) is 4.67. The van der Waals surface area contributed by atoms with Gasteiger partial charge in [-0.25, -0.2) is 0 Å². The first-order valence-electron chi connectivity index (χ1n) is 14.2. The van der Waals surface area contributed by atoms with Crippen molar-refractivity contribution in [2.75, 3.05) is 0 Å². The summed E-state index contributed by atoms with van der Waals surface area (Å²) >= 11 is 0. The van der Waals surface area contributed by atoms with Gasteiger partial charge in [-0.3, -0.25) is 0 Å². The van der Waals surface area contributed by atoms with E-state index in [2.05, 4.69) is 156 Å². The first-order valence-corrected chi connectivity index (χ1v) is 14.2. The number of rotatable bonds is 3. The number of nitrogens with zero attached hydrogens (tertiary/aromatic N) is 1. The Balaban J connectivity index is 1.50. The lowest BCUT2D eigenvalue weighted by Gasteiger charge is -2.16. The molecule has 0 radical (unpaired) electrons. The molecule has 0 saturated carbocycles. The van der Waals surface area contributed by atoms with E-state index in [0.29, 0.717) is 0 Å². The molecule has 190 valence electrons. The molecule has 0 fully saturated rings. The van der Waals surface area contributed by atoms with Crippen molar-refractivity contribution in [3.05, 3.63) is 152 Å². The third kappa shape index (κ3) is 3.18. The monoisotopic (exact) mass is 519 g/mol. The summed E-state index contributed by atoms with van der Waals surface area (Å²) < 4.78 is 2.48. The fourth-order valence-corrected chi connectivity index (χ4v) is 7.00. The van der Waals surface area contributed by atoms with E-state index in [-0.39, 0.29) is 0 Å². The lowest BCUT2D eigenvalue weighted by molar-refractivity contribution is 1.18. The molecule has 0 saturated heterocycles. The van der Waals surface area contributed by atoms with Gasteiger partial charge in [0.2, 0.25) is 0 Å². The molecule has 1 aliphatic carbocycles. The summed E-state index contributed by atoms with van der Waals surface area (Å²) in [4.78, 5) is 0. The number of hydrogen-bond donors (Lipinski definition) is 0. The zero-order valence-electron chi connectivity index (χ0n) is 22.4. The van der Waals surface area contributed by atoms with Crippen molar-refractivity contribution in [2.45, 2.75) is 0 Å². The van der Waals surface area contributed by atoms with Gasteiger partial charge in [0.05, 0.1) is 11.0 Å². The lowest BCUT2D eigenvalue weighted by Crippen LogP contribution is -1.96. The summed E-state index contributed by atoms with van der Waals surface area (Å²) in [7, 11) is 0. The maximum Gasteiger partial charge on any atom is 0.0554 e. The van der Waals surface area contributed by atoms with E-state index in [9.17, 15) is 0 Å². The Morgan fingerprint density at radius 2 is 0.902 bits per heavy atom. The minimum absolute atomic E-state index is 1.17. The summed E-state index contributed by atoms with van der Waals surface area (Å²) in [6, 6.07) is 55.4. The first-order chi connectivity index (χ1) is 20.4. The van der Waals surface area contributed by atoms with E-state index in [0.717, 1.165) is 0 Å². The standard InChI is InChI=1S/C40H25N/c1-3-12-26(13-4-1)28-16-9-17-29(24-28)41-36-23-11-22-33-31-19-8-7-18-30(31)32-20-10-21-34-35(27-14-5-2-6-15-27)25-37(41)40(38(32)34)39(33)36/h1-25H. The molecule has 1 heteroatoms. The highest BCUT2D eigenvalue weighted by Gasteiger charge is 2.26. The average Bonchev–Trinajstić information content (AvgIpc) is 3.33. The number of aromatic nitrogens is 1. The molecule has 1 nitrogen and oxygen atoms in total. The lowest BCUT2D eigenvalue weighted by atomic mass is 9.90. The van der Waals surface area contributed by atoms with Crippen molar-refractivity contribution >= 4 is 32.6 Å². The first kappa shape index (κ1) is 22.4. The van der Waals surface area contributed by atoms with Crippen molar-refractivity contribution < 1.29 is 0 Å². The predicted molar refractivity (Wildman–Crippen MR) is 174 cm³/mol. The fourth-order valence-electron chi connectivity index (χ4n) is 7.00. The van der Waals surface area contributed by atoms with Crippen LogP contribution in [0.2, 0.25) is 0 Å². The number of fused-ring (bicyclic) bond motifs is 3. The largest absolute Gasteiger partial charge is 0.309 e. The Labute approximate surface area is 238 Å². The van der Waals surface area contributed by atoms with Gasteiger partial charge in [0.15, 0.2) is 0 Å². The molecule has 0 spiro atoms. The topological polar surface area (TPSA) is 4.93 Å². The molecule has 9 rings (SSSR count). The second-order valence-electron chi connectivity index (χ2n) is 10.9. The molecule has 1 aliphatic rings. The zero-order valence-corrected chi connectivity index (χ0v) is 22.4. The molecule has 1 aromatic heterocycles. The quantitative estimate of drug-likeness (QED) is 0.219. The summed E-state index contributed by atoms with van der Waals surface area (Å²) in [6.07, 6.45) is 0. The van der Waals surface area contributed by atoms with Gasteiger partial charge in [-0.15, -0.1) is 0 Å². The van der Waals surface area contributed by atoms with Gasteiger partial charge in [0.1, 0.15) is 0 Å². The van der Waals surface area contributed by atoms with Gasteiger partial charge in [-0.2, -0.15) is 0 Å². The maximum absolute atomic E-state index is 2.48. The third-order valence-electron chi connectivity index (χ3n) is 8.72. The van der Waals surface area contributed by atoms with Gasteiger partial charge in [-0.1, -0.05) is 127 Å². The molecule has 0 aliphatic heterocycles. The fraction of sp³-hybridized carbons (Fsp3) is 0. The van der Waals surface area contributed by atoms with Crippen molar-refractivity contribution in [1.82, 2.24) is 4.57 Å². The molecule has 0 amide bonds. The van der Waals surface area contributed by atoms with Gasteiger partial charge in [0.25, 0.3) is 0 Å². The molecule has 0 atom stereocenters. The van der Waals surface area contributed by atoms with Crippen molar-refractivity contribution in [3.8, 4) is 50.2 Å².